The standard InChI is InChI=1S/C19H15N3O/c1-4-9-22-12-15(16-7-5-6-8-18(16)22)11-21-19-17(10-20)13(2)14(3)23-19/h1,5-8,11-12H,9H2,2-3H3/b21-11+. The summed E-state index contributed by atoms with van der Waals surface area (Å²) in [6.07, 6.45) is 9.10. The Morgan fingerprint density at radius 2 is 2.13 bits per heavy atom. The van der Waals surface area contributed by atoms with E-state index in [1.807, 2.05) is 48.9 Å². The summed E-state index contributed by atoms with van der Waals surface area (Å²) in [6, 6.07) is 10.1. The lowest BCUT2D eigenvalue weighted by molar-refractivity contribution is 0.542. The molecule has 0 saturated heterocycles. The molecule has 0 atom stereocenters. The zero-order valence-electron chi connectivity index (χ0n) is 13.0. The molecular formula is C19H15N3O. The van der Waals surface area contributed by atoms with Crippen molar-refractivity contribution < 1.29 is 4.42 Å². The van der Waals surface area contributed by atoms with E-state index in [9.17, 15) is 5.26 Å². The predicted octanol–water partition coefficient (Wildman–Crippen LogP) is 4.11. The smallest absolute Gasteiger partial charge is 0.237 e. The highest BCUT2D eigenvalue weighted by Crippen LogP contribution is 2.28. The Morgan fingerprint density at radius 1 is 1.35 bits per heavy atom. The van der Waals surface area contributed by atoms with Crippen LogP contribution >= 0.6 is 0 Å². The molecular weight excluding hydrogens is 286 g/mol. The summed E-state index contributed by atoms with van der Waals surface area (Å²) in [5, 5.41) is 10.3. The third-order valence-electron chi connectivity index (χ3n) is 3.88. The van der Waals surface area contributed by atoms with E-state index in [4.69, 9.17) is 10.8 Å². The number of fused-ring (bicyclic) bond motifs is 1. The summed E-state index contributed by atoms with van der Waals surface area (Å²) >= 11 is 0. The van der Waals surface area contributed by atoms with Crippen molar-refractivity contribution in [2.75, 3.05) is 0 Å². The molecule has 0 N–H and O–H groups in total. The number of terminal acetylenes is 1. The van der Waals surface area contributed by atoms with Gasteiger partial charge in [-0.2, -0.15) is 5.26 Å². The molecule has 1 aromatic carbocycles. The monoisotopic (exact) mass is 301 g/mol. The van der Waals surface area contributed by atoms with E-state index in [1.54, 1.807) is 6.21 Å². The number of aromatic nitrogens is 1. The average molecular weight is 301 g/mol. The number of rotatable bonds is 3. The number of furan rings is 1. The first-order valence-corrected chi connectivity index (χ1v) is 7.21. The second-order valence-electron chi connectivity index (χ2n) is 5.27. The molecule has 0 unspecified atom stereocenters. The average Bonchev–Trinajstić information content (AvgIpc) is 3.04. The summed E-state index contributed by atoms with van der Waals surface area (Å²) in [6.45, 7) is 4.18. The maximum atomic E-state index is 9.25. The van der Waals surface area contributed by atoms with E-state index >= 15 is 0 Å². The summed E-state index contributed by atoms with van der Waals surface area (Å²) in [7, 11) is 0. The van der Waals surface area contributed by atoms with Crippen molar-refractivity contribution in [2.24, 2.45) is 4.99 Å². The first-order chi connectivity index (χ1) is 11.2. The second kappa shape index (κ2) is 5.87. The number of nitriles is 1. The molecule has 0 aliphatic heterocycles. The van der Waals surface area contributed by atoms with Gasteiger partial charge in [-0.25, -0.2) is 4.99 Å². The lowest BCUT2D eigenvalue weighted by Gasteiger charge is -1.97. The summed E-state index contributed by atoms with van der Waals surface area (Å²) in [4.78, 5) is 4.37. The van der Waals surface area contributed by atoms with Crippen LogP contribution in [0.3, 0.4) is 0 Å². The number of hydrogen-bond acceptors (Lipinski definition) is 3. The minimum atomic E-state index is 0.344. The molecule has 0 fully saturated rings. The van der Waals surface area contributed by atoms with E-state index in [-0.39, 0.29) is 0 Å². The zero-order chi connectivity index (χ0) is 16.4. The first kappa shape index (κ1) is 14.7. The Hall–Kier alpha value is -3.24. The SMILES string of the molecule is C#CCn1cc(/C=N/c2oc(C)c(C)c2C#N)c2ccccc21. The highest BCUT2D eigenvalue weighted by Gasteiger charge is 2.13. The van der Waals surface area contributed by atoms with Crippen molar-refractivity contribution in [3.8, 4) is 18.4 Å². The molecule has 0 radical (unpaired) electrons. The van der Waals surface area contributed by atoms with Gasteiger partial charge in [0.2, 0.25) is 5.88 Å². The van der Waals surface area contributed by atoms with Crippen LogP contribution in [-0.4, -0.2) is 10.8 Å². The number of nitrogens with zero attached hydrogens (tertiary/aromatic N) is 3. The second-order valence-corrected chi connectivity index (χ2v) is 5.27. The Bertz CT molecular complexity index is 990. The zero-order valence-corrected chi connectivity index (χ0v) is 13.0. The topological polar surface area (TPSA) is 54.2 Å². The van der Waals surface area contributed by atoms with E-state index in [1.165, 1.54) is 0 Å². The van der Waals surface area contributed by atoms with Gasteiger partial charge >= 0.3 is 0 Å². The Balaban J connectivity index is 2.08. The molecule has 0 bridgehead atoms. The number of aliphatic imine (C=N–C) groups is 1. The molecule has 3 aromatic rings. The molecule has 3 rings (SSSR count). The number of para-hydroxylation sites is 1. The van der Waals surface area contributed by atoms with Crippen LogP contribution in [0.5, 0.6) is 0 Å². The van der Waals surface area contributed by atoms with Crippen molar-refractivity contribution in [1.29, 1.82) is 5.26 Å². The highest BCUT2D eigenvalue weighted by molar-refractivity contribution is 6.00. The maximum absolute atomic E-state index is 9.25. The van der Waals surface area contributed by atoms with Gasteiger partial charge in [0.1, 0.15) is 17.4 Å². The lowest BCUT2D eigenvalue weighted by atomic mass is 10.2. The quantitative estimate of drug-likeness (QED) is 0.540. The van der Waals surface area contributed by atoms with Gasteiger partial charge in [-0.1, -0.05) is 24.1 Å². The van der Waals surface area contributed by atoms with Crippen LogP contribution in [0.1, 0.15) is 22.5 Å². The van der Waals surface area contributed by atoms with Crippen LogP contribution in [0.2, 0.25) is 0 Å². The van der Waals surface area contributed by atoms with Gasteiger partial charge in [0.05, 0.1) is 6.54 Å². The van der Waals surface area contributed by atoms with Crippen molar-refractivity contribution in [1.82, 2.24) is 4.57 Å². The van der Waals surface area contributed by atoms with Gasteiger partial charge in [-0.05, 0) is 19.9 Å². The third kappa shape index (κ3) is 2.52. The van der Waals surface area contributed by atoms with Crippen LogP contribution in [0.4, 0.5) is 5.88 Å². The van der Waals surface area contributed by atoms with Crippen LogP contribution in [0, 0.1) is 37.5 Å². The molecule has 2 aromatic heterocycles. The largest absolute Gasteiger partial charge is 0.442 e. The molecule has 0 aliphatic rings. The molecule has 112 valence electrons. The molecule has 0 spiro atoms. The van der Waals surface area contributed by atoms with Crippen LogP contribution in [0.25, 0.3) is 10.9 Å². The number of aryl methyl sites for hydroxylation is 1. The van der Waals surface area contributed by atoms with Crippen molar-refractivity contribution in [3.63, 3.8) is 0 Å². The summed E-state index contributed by atoms with van der Waals surface area (Å²) in [5.41, 5.74) is 3.30. The van der Waals surface area contributed by atoms with Crippen LogP contribution in [0.15, 0.2) is 39.9 Å². The van der Waals surface area contributed by atoms with Gasteiger partial charge in [0.15, 0.2) is 0 Å². The fourth-order valence-electron chi connectivity index (χ4n) is 2.57. The van der Waals surface area contributed by atoms with E-state index < -0.39 is 0 Å². The predicted molar refractivity (Wildman–Crippen MR) is 90.9 cm³/mol. The lowest BCUT2D eigenvalue weighted by Crippen LogP contribution is -1.91. The molecule has 0 amide bonds. The number of hydrogen-bond donors (Lipinski definition) is 0. The fraction of sp³-hybridized carbons (Fsp3) is 0.158. The van der Waals surface area contributed by atoms with Crippen molar-refractivity contribution >= 4 is 23.0 Å². The molecule has 23 heavy (non-hydrogen) atoms. The molecule has 2 heterocycles. The molecule has 4 heteroatoms. The van der Waals surface area contributed by atoms with Gasteiger partial charge in [-0.3, -0.25) is 0 Å². The Kier molecular flexibility index (Phi) is 3.75. The van der Waals surface area contributed by atoms with Gasteiger partial charge in [0.25, 0.3) is 0 Å². The van der Waals surface area contributed by atoms with Gasteiger partial charge < -0.3 is 8.98 Å². The van der Waals surface area contributed by atoms with Crippen LogP contribution in [-0.2, 0) is 6.54 Å². The fourth-order valence-corrected chi connectivity index (χ4v) is 2.57. The third-order valence-corrected chi connectivity index (χ3v) is 3.88. The van der Waals surface area contributed by atoms with Gasteiger partial charge in [0, 0.05) is 34.4 Å². The normalized spacial score (nSPS) is 11.0. The summed E-state index contributed by atoms with van der Waals surface area (Å²) in [5.74, 6) is 3.70. The maximum Gasteiger partial charge on any atom is 0.237 e. The van der Waals surface area contributed by atoms with Crippen LogP contribution < -0.4 is 0 Å². The first-order valence-electron chi connectivity index (χ1n) is 7.21. The molecule has 0 saturated carbocycles. The van der Waals surface area contributed by atoms with Crippen molar-refractivity contribution in [3.05, 3.63) is 52.9 Å². The number of benzene rings is 1. The Labute approximate surface area is 134 Å². The van der Waals surface area contributed by atoms with Gasteiger partial charge in [-0.15, -0.1) is 6.42 Å². The minimum absolute atomic E-state index is 0.344. The van der Waals surface area contributed by atoms with Crippen molar-refractivity contribution in [2.45, 2.75) is 20.4 Å². The molecule has 0 aliphatic carbocycles. The highest BCUT2D eigenvalue weighted by atomic mass is 16.4. The van der Waals surface area contributed by atoms with E-state index in [0.29, 0.717) is 23.8 Å². The minimum Gasteiger partial charge on any atom is -0.442 e. The van der Waals surface area contributed by atoms with E-state index in [2.05, 4.69) is 17.0 Å². The summed E-state index contributed by atoms with van der Waals surface area (Å²) < 4.78 is 7.57. The molecule has 4 nitrogen and oxygen atoms in total. The van der Waals surface area contributed by atoms with E-state index in [0.717, 1.165) is 22.0 Å². The Morgan fingerprint density at radius 3 is 2.87 bits per heavy atom.